The highest BCUT2D eigenvalue weighted by molar-refractivity contribution is 7.98. The van der Waals surface area contributed by atoms with Crippen molar-refractivity contribution in [3.63, 3.8) is 0 Å². The molecule has 35 heavy (non-hydrogen) atoms. The Balaban J connectivity index is 1.28. The van der Waals surface area contributed by atoms with Gasteiger partial charge in [0.2, 0.25) is 6.79 Å². The predicted octanol–water partition coefficient (Wildman–Crippen LogP) is 6.71. The van der Waals surface area contributed by atoms with Crippen LogP contribution in [0, 0.1) is 6.92 Å². The Morgan fingerprint density at radius 1 is 1.23 bits per heavy atom. The van der Waals surface area contributed by atoms with Crippen molar-refractivity contribution in [1.29, 1.82) is 0 Å². The molecule has 0 amide bonds. The van der Waals surface area contributed by atoms with Crippen LogP contribution < -0.4 is 14.2 Å². The molecule has 0 saturated heterocycles. The molecular weight excluding hydrogens is 504 g/mol. The summed E-state index contributed by atoms with van der Waals surface area (Å²) in [7, 11) is 0. The third-order valence-electron chi connectivity index (χ3n) is 5.38. The Bertz CT molecular complexity index is 1370. The fraction of sp³-hybridized carbons (Fsp3) is 0.240. The SMILES string of the molecule is C=CCn1c(SCc2csc(-c3ccc4c(c3)OCO4)n2)nnc1C(C)Oc1ccc(Cl)c(C)c1. The maximum atomic E-state index is 6.14. The van der Waals surface area contributed by atoms with Gasteiger partial charge in [0, 0.05) is 28.3 Å². The van der Waals surface area contributed by atoms with E-state index in [9.17, 15) is 0 Å². The summed E-state index contributed by atoms with van der Waals surface area (Å²) in [6, 6.07) is 11.5. The van der Waals surface area contributed by atoms with Gasteiger partial charge in [-0.15, -0.1) is 28.1 Å². The quantitative estimate of drug-likeness (QED) is 0.177. The van der Waals surface area contributed by atoms with Crippen LogP contribution in [0.15, 0.2) is 59.6 Å². The summed E-state index contributed by atoms with van der Waals surface area (Å²) < 4.78 is 19.0. The number of thiazole rings is 1. The van der Waals surface area contributed by atoms with Crippen LogP contribution in [0.2, 0.25) is 5.02 Å². The van der Waals surface area contributed by atoms with E-state index in [-0.39, 0.29) is 12.9 Å². The number of thioether (sulfide) groups is 1. The fourth-order valence-corrected chi connectivity index (χ4v) is 5.52. The molecule has 7 nitrogen and oxygen atoms in total. The number of benzene rings is 2. The van der Waals surface area contributed by atoms with Crippen LogP contribution in [0.1, 0.15) is 30.1 Å². The lowest BCUT2D eigenvalue weighted by Gasteiger charge is -2.16. The van der Waals surface area contributed by atoms with E-state index in [1.165, 1.54) is 0 Å². The number of fused-ring (bicyclic) bond motifs is 1. The Morgan fingerprint density at radius 3 is 2.91 bits per heavy atom. The highest BCUT2D eigenvalue weighted by Crippen LogP contribution is 2.37. The Labute approximate surface area is 216 Å². The number of allylic oxidation sites excluding steroid dienone is 1. The van der Waals surface area contributed by atoms with Gasteiger partial charge < -0.3 is 14.2 Å². The Morgan fingerprint density at radius 2 is 2.09 bits per heavy atom. The van der Waals surface area contributed by atoms with Gasteiger partial charge in [-0.25, -0.2) is 4.98 Å². The summed E-state index contributed by atoms with van der Waals surface area (Å²) in [6.45, 7) is 8.64. The van der Waals surface area contributed by atoms with Crippen molar-refractivity contribution in [2.45, 2.75) is 37.4 Å². The molecule has 0 N–H and O–H groups in total. The van der Waals surface area contributed by atoms with Gasteiger partial charge in [0.05, 0.1) is 5.69 Å². The minimum Gasteiger partial charge on any atom is -0.483 e. The standard InChI is InChI=1S/C25H23ClN4O3S2/c1-4-9-30-23(16(3)33-19-6-7-20(26)15(2)10-19)28-29-25(30)35-13-18-12-34-24(27-18)17-5-8-21-22(11-17)32-14-31-21/h4-8,10-12,16H,1,9,13-14H2,2-3H3. The van der Waals surface area contributed by atoms with E-state index in [1.54, 1.807) is 23.1 Å². The fourth-order valence-electron chi connectivity index (χ4n) is 3.63. The third-order valence-corrected chi connectivity index (χ3v) is 7.75. The van der Waals surface area contributed by atoms with Crippen molar-refractivity contribution in [3.05, 3.63) is 76.5 Å². The van der Waals surface area contributed by atoms with E-state index in [4.69, 9.17) is 30.8 Å². The van der Waals surface area contributed by atoms with Gasteiger partial charge >= 0.3 is 0 Å². The van der Waals surface area contributed by atoms with Crippen molar-refractivity contribution in [1.82, 2.24) is 19.7 Å². The first-order chi connectivity index (χ1) is 17.0. The van der Waals surface area contributed by atoms with Crippen molar-refractivity contribution in [2.24, 2.45) is 0 Å². The number of halogens is 1. The molecule has 0 saturated carbocycles. The van der Waals surface area contributed by atoms with Crippen molar-refractivity contribution in [2.75, 3.05) is 6.79 Å². The van der Waals surface area contributed by atoms with E-state index in [1.807, 2.05) is 60.9 Å². The van der Waals surface area contributed by atoms with E-state index < -0.39 is 0 Å². The van der Waals surface area contributed by atoms with Crippen molar-refractivity contribution in [3.8, 4) is 27.8 Å². The van der Waals surface area contributed by atoms with Crippen molar-refractivity contribution < 1.29 is 14.2 Å². The number of aromatic nitrogens is 4. The van der Waals surface area contributed by atoms with Crippen LogP contribution in [0.4, 0.5) is 0 Å². The Hall–Kier alpha value is -3.01. The van der Waals surface area contributed by atoms with Gasteiger partial charge in [-0.05, 0) is 55.8 Å². The molecule has 0 bridgehead atoms. The number of hydrogen-bond donors (Lipinski definition) is 0. The van der Waals surface area contributed by atoms with Crippen LogP contribution in [0.5, 0.6) is 17.2 Å². The summed E-state index contributed by atoms with van der Waals surface area (Å²) in [4.78, 5) is 4.80. The molecule has 0 radical (unpaired) electrons. The molecule has 0 aliphatic carbocycles. The largest absolute Gasteiger partial charge is 0.483 e. The normalized spacial score (nSPS) is 13.1. The van der Waals surface area contributed by atoms with Crippen LogP contribution in [0.3, 0.4) is 0 Å². The predicted molar refractivity (Wildman–Crippen MR) is 139 cm³/mol. The van der Waals surface area contributed by atoms with E-state index in [2.05, 4.69) is 22.2 Å². The minimum atomic E-state index is -0.297. The van der Waals surface area contributed by atoms with E-state index >= 15 is 0 Å². The molecule has 0 fully saturated rings. The minimum absolute atomic E-state index is 0.259. The summed E-state index contributed by atoms with van der Waals surface area (Å²) in [6.07, 6.45) is 1.53. The van der Waals surface area contributed by atoms with Gasteiger partial charge in [0.1, 0.15) is 10.8 Å². The zero-order valence-corrected chi connectivity index (χ0v) is 21.6. The molecule has 1 unspecified atom stereocenters. The molecule has 2 aromatic carbocycles. The number of nitrogens with zero attached hydrogens (tertiary/aromatic N) is 4. The second-order valence-electron chi connectivity index (χ2n) is 7.91. The van der Waals surface area contributed by atoms with Gasteiger partial charge in [0.15, 0.2) is 28.6 Å². The first kappa shape index (κ1) is 23.7. The van der Waals surface area contributed by atoms with Gasteiger partial charge in [0.25, 0.3) is 0 Å². The van der Waals surface area contributed by atoms with Crippen molar-refractivity contribution >= 4 is 34.7 Å². The number of ether oxygens (including phenoxy) is 3. The molecule has 2 aromatic heterocycles. The number of hydrogen-bond acceptors (Lipinski definition) is 8. The lowest BCUT2D eigenvalue weighted by molar-refractivity contribution is 0.174. The lowest BCUT2D eigenvalue weighted by atomic mass is 10.2. The molecule has 10 heteroatoms. The maximum Gasteiger partial charge on any atom is 0.231 e. The second kappa shape index (κ2) is 10.3. The summed E-state index contributed by atoms with van der Waals surface area (Å²) in [5.74, 6) is 3.66. The molecule has 0 spiro atoms. The lowest BCUT2D eigenvalue weighted by Crippen LogP contribution is -2.12. The molecule has 5 rings (SSSR count). The monoisotopic (exact) mass is 526 g/mol. The summed E-state index contributed by atoms with van der Waals surface area (Å²) >= 11 is 9.32. The van der Waals surface area contributed by atoms with Crippen LogP contribution in [0.25, 0.3) is 10.6 Å². The van der Waals surface area contributed by atoms with Crippen LogP contribution in [-0.4, -0.2) is 26.5 Å². The molecular formula is C25H23ClN4O3S2. The molecule has 180 valence electrons. The highest BCUT2D eigenvalue weighted by Gasteiger charge is 2.20. The van der Waals surface area contributed by atoms with E-state index in [0.717, 1.165) is 50.1 Å². The first-order valence-corrected chi connectivity index (χ1v) is 13.2. The highest BCUT2D eigenvalue weighted by atomic mass is 35.5. The zero-order valence-electron chi connectivity index (χ0n) is 19.2. The molecule has 3 heterocycles. The average Bonchev–Trinajstić information content (AvgIpc) is 3.59. The third kappa shape index (κ3) is 5.17. The topological polar surface area (TPSA) is 71.3 Å². The van der Waals surface area contributed by atoms with E-state index in [0.29, 0.717) is 17.3 Å². The molecule has 1 aliphatic rings. The van der Waals surface area contributed by atoms with Gasteiger partial charge in [-0.2, -0.15) is 0 Å². The number of rotatable bonds is 9. The number of aryl methyl sites for hydroxylation is 1. The molecule has 1 aliphatic heterocycles. The van der Waals surface area contributed by atoms with Gasteiger partial charge in [-0.1, -0.05) is 29.4 Å². The smallest absolute Gasteiger partial charge is 0.231 e. The zero-order chi connectivity index (χ0) is 24.4. The Kier molecular flexibility index (Phi) is 6.99. The molecule has 1 atom stereocenters. The van der Waals surface area contributed by atoms with Gasteiger partial charge in [-0.3, -0.25) is 4.57 Å². The van der Waals surface area contributed by atoms with Crippen LogP contribution in [-0.2, 0) is 12.3 Å². The second-order valence-corrected chi connectivity index (χ2v) is 10.1. The summed E-state index contributed by atoms with van der Waals surface area (Å²) in [5.41, 5.74) is 2.95. The molecule has 4 aromatic rings. The first-order valence-electron chi connectivity index (χ1n) is 11.0. The summed E-state index contributed by atoms with van der Waals surface area (Å²) in [5, 5.41) is 13.3. The van der Waals surface area contributed by atoms with Crippen LogP contribution >= 0.6 is 34.7 Å². The average molecular weight is 527 g/mol. The maximum absolute atomic E-state index is 6.14.